The Morgan fingerprint density at radius 1 is 1.07 bits per heavy atom. The van der Waals surface area contributed by atoms with E-state index in [1.54, 1.807) is 30.3 Å². The first-order valence-electron chi connectivity index (χ1n) is 8.83. The average molecular weight is 380 g/mol. The van der Waals surface area contributed by atoms with Crippen molar-refractivity contribution >= 4 is 11.9 Å². The second kappa shape index (κ2) is 9.36. The van der Waals surface area contributed by atoms with Crippen LogP contribution in [0.15, 0.2) is 65.2 Å². The summed E-state index contributed by atoms with van der Waals surface area (Å²) in [5.41, 5.74) is 1.81. The standard InChI is InChI=1S/C21H20N2O5/c1-2-26-18-10-8-16(9-11-18)21(25)22-13-20(24)27-14-17-12-19(28-23-17)15-6-4-3-5-7-15/h3-12H,2,13-14H2,1H3,(H,22,25). The number of hydrogen-bond donors (Lipinski definition) is 1. The summed E-state index contributed by atoms with van der Waals surface area (Å²) < 4.78 is 15.7. The third kappa shape index (κ3) is 5.20. The summed E-state index contributed by atoms with van der Waals surface area (Å²) in [6, 6.07) is 17.9. The molecule has 144 valence electrons. The molecular weight excluding hydrogens is 360 g/mol. The van der Waals surface area contributed by atoms with Crippen molar-refractivity contribution in [1.82, 2.24) is 10.5 Å². The van der Waals surface area contributed by atoms with E-state index in [0.29, 0.717) is 29.4 Å². The largest absolute Gasteiger partial charge is 0.494 e. The molecule has 1 N–H and O–H groups in total. The number of amides is 1. The zero-order valence-corrected chi connectivity index (χ0v) is 15.4. The maximum atomic E-state index is 12.1. The van der Waals surface area contributed by atoms with Crippen LogP contribution < -0.4 is 10.1 Å². The Balaban J connectivity index is 1.44. The number of rotatable bonds is 8. The molecule has 1 amide bonds. The van der Waals surface area contributed by atoms with Gasteiger partial charge in [-0.05, 0) is 31.2 Å². The molecule has 3 rings (SSSR count). The number of benzene rings is 2. The van der Waals surface area contributed by atoms with Gasteiger partial charge >= 0.3 is 5.97 Å². The molecule has 3 aromatic rings. The lowest BCUT2D eigenvalue weighted by Gasteiger charge is -2.06. The Morgan fingerprint density at radius 3 is 2.54 bits per heavy atom. The fourth-order valence-corrected chi connectivity index (χ4v) is 2.45. The van der Waals surface area contributed by atoms with Gasteiger partial charge in [0, 0.05) is 17.2 Å². The smallest absolute Gasteiger partial charge is 0.325 e. The molecule has 0 spiro atoms. The molecule has 0 saturated carbocycles. The molecule has 0 fully saturated rings. The van der Waals surface area contributed by atoms with Crippen LogP contribution in [0.2, 0.25) is 0 Å². The Kier molecular flexibility index (Phi) is 6.41. The quantitative estimate of drug-likeness (QED) is 0.604. The molecule has 0 bridgehead atoms. The average Bonchev–Trinajstić information content (AvgIpc) is 3.21. The minimum Gasteiger partial charge on any atom is -0.494 e. The molecule has 7 heteroatoms. The van der Waals surface area contributed by atoms with Gasteiger partial charge in [-0.2, -0.15) is 0 Å². The maximum Gasteiger partial charge on any atom is 0.325 e. The van der Waals surface area contributed by atoms with Gasteiger partial charge in [0.1, 0.15) is 24.6 Å². The van der Waals surface area contributed by atoms with Crippen LogP contribution in [-0.2, 0) is 16.1 Å². The number of carbonyl (C=O) groups excluding carboxylic acids is 2. The second-order valence-electron chi connectivity index (χ2n) is 5.85. The van der Waals surface area contributed by atoms with Crippen molar-refractivity contribution in [3.05, 3.63) is 71.9 Å². The summed E-state index contributed by atoms with van der Waals surface area (Å²) in [6.45, 7) is 2.16. The lowest BCUT2D eigenvalue weighted by Crippen LogP contribution is -2.30. The number of aromatic nitrogens is 1. The van der Waals surface area contributed by atoms with Crippen LogP contribution in [0.5, 0.6) is 5.75 Å². The van der Waals surface area contributed by atoms with E-state index >= 15 is 0 Å². The Labute approximate surface area is 162 Å². The zero-order chi connectivity index (χ0) is 19.8. The predicted octanol–water partition coefficient (Wildman–Crippen LogP) is 3.21. The van der Waals surface area contributed by atoms with Crippen molar-refractivity contribution in [2.45, 2.75) is 13.5 Å². The second-order valence-corrected chi connectivity index (χ2v) is 5.85. The first kappa shape index (κ1) is 19.2. The minimum absolute atomic E-state index is 0.0336. The van der Waals surface area contributed by atoms with Gasteiger partial charge in [0.25, 0.3) is 5.91 Å². The van der Waals surface area contributed by atoms with Gasteiger partial charge in [-0.15, -0.1) is 0 Å². The summed E-state index contributed by atoms with van der Waals surface area (Å²) in [7, 11) is 0. The van der Waals surface area contributed by atoms with E-state index in [1.165, 1.54) is 0 Å². The molecule has 0 aliphatic rings. The van der Waals surface area contributed by atoms with Gasteiger partial charge in [-0.25, -0.2) is 0 Å². The van der Waals surface area contributed by atoms with E-state index in [0.717, 1.165) is 5.56 Å². The predicted molar refractivity (Wildman–Crippen MR) is 102 cm³/mol. The summed E-state index contributed by atoms with van der Waals surface area (Å²) in [5, 5.41) is 6.40. The monoisotopic (exact) mass is 380 g/mol. The van der Waals surface area contributed by atoms with Crippen LogP contribution in [0.4, 0.5) is 0 Å². The number of nitrogens with zero attached hydrogens (tertiary/aromatic N) is 1. The van der Waals surface area contributed by atoms with Crippen molar-refractivity contribution in [2.24, 2.45) is 0 Å². The van der Waals surface area contributed by atoms with Crippen LogP contribution in [0.1, 0.15) is 23.0 Å². The highest BCUT2D eigenvalue weighted by Crippen LogP contribution is 2.20. The van der Waals surface area contributed by atoms with Crippen LogP contribution >= 0.6 is 0 Å². The molecule has 2 aromatic carbocycles. The molecule has 28 heavy (non-hydrogen) atoms. The highest BCUT2D eigenvalue weighted by Gasteiger charge is 2.11. The maximum absolute atomic E-state index is 12.1. The number of ether oxygens (including phenoxy) is 2. The van der Waals surface area contributed by atoms with Crippen molar-refractivity contribution in [1.29, 1.82) is 0 Å². The van der Waals surface area contributed by atoms with Crippen molar-refractivity contribution in [3.63, 3.8) is 0 Å². The Bertz CT molecular complexity index is 919. The Morgan fingerprint density at radius 2 is 1.82 bits per heavy atom. The molecular formula is C21H20N2O5. The lowest BCUT2D eigenvalue weighted by molar-refractivity contribution is -0.143. The van der Waals surface area contributed by atoms with E-state index in [-0.39, 0.29) is 19.1 Å². The Hall–Kier alpha value is -3.61. The van der Waals surface area contributed by atoms with Crippen LogP contribution in [0, 0.1) is 0 Å². The number of hydrogen-bond acceptors (Lipinski definition) is 6. The first-order valence-corrected chi connectivity index (χ1v) is 8.83. The van der Waals surface area contributed by atoms with Crippen LogP contribution in [0.25, 0.3) is 11.3 Å². The van der Waals surface area contributed by atoms with Gasteiger partial charge < -0.3 is 19.3 Å². The van der Waals surface area contributed by atoms with Crippen molar-refractivity contribution < 1.29 is 23.6 Å². The molecule has 0 unspecified atom stereocenters. The molecule has 1 heterocycles. The normalized spacial score (nSPS) is 10.3. The third-order valence-corrected chi connectivity index (χ3v) is 3.82. The zero-order valence-electron chi connectivity index (χ0n) is 15.4. The SMILES string of the molecule is CCOc1ccc(C(=O)NCC(=O)OCc2cc(-c3ccccc3)on2)cc1. The van der Waals surface area contributed by atoms with Gasteiger partial charge in [-0.1, -0.05) is 35.5 Å². The van der Waals surface area contributed by atoms with Gasteiger partial charge in [0.05, 0.1) is 6.61 Å². The van der Waals surface area contributed by atoms with Crippen LogP contribution in [-0.4, -0.2) is 30.2 Å². The number of nitrogens with one attached hydrogen (secondary N) is 1. The molecule has 0 aliphatic heterocycles. The van der Waals surface area contributed by atoms with E-state index in [9.17, 15) is 9.59 Å². The fraction of sp³-hybridized carbons (Fsp3) is 0.190. The molecule has 0 saturated heterocycles. The summed E-state index contributed by atoms with van der Waals surface area (Å²) in [5.74, 6) is 0.341. The first-order chi connectivity index (χ1) is 13.7. The van der Waals surface area contributed by atoms with Crippen molar-refractivity contribution in [2.75, 3.05) is 13.2 Å². The lowest BCUT2D eigenvalue weighted by atomic mass is 10.2. The van der Waals surface area contributed by atoms with E-state index in [4.69, 9.17) is 14.0 Å². The number of carbonyl (C=O) groups is 2. The molecule has 7 nitrogen and oxygen atoms in total. The number of esters is 1. The van der Waals surface area contributed by atoms with Gasteiger partial charge in [-0.3, -0.25) is 9.59 Å². The topological polar surface area (TPSA) is 90.7 Å². The summed E-state index contributed by atoms with van der Waals surface area (Å²) in [4.78, 5) is 23.9. The molecule has 0 aliphatic carbocycles. The molecule has 1 aromatic heterocycles. The minimum atomic E-state index is -0.566. The molecule has 0 radical (unpaired) electrons. The van der Waals surface area contributed by atoms with Crippen molar-refractivity contribution in [3.8, 4) is 17.1 Å². The summed E-state index contributed by atoms with van der Waals surface area (Å²) >= 11 is 0. The van der Waals surface area contributed by atoms with Crippen LogP contribution in [0.3, 0.4) is 0 Å². The van der Waals surface area contributed by atoms with Gasteiger partial charge in [0.15, 0.2) is 5.76 Å². The highest BCUT2D eigenvalue weighted by molar-refractivity contribution is 5.96. The van der Waals surface area contributed by atoms with Gasteiger partial charge in [0.2, 0.25) is 0 Å². The molecule has 0 atom stereocenters. The highest BCUT2D eigenvalue weighted by atomic mass is 16.5. The fourth-order valence-electron chi connectivity index (χ4n) is 2.45. The van der Waals surface area contributed by atoms with E-state index < -0.39 is 5.97 Å². The van der Waals surface area contributed by atoms with E-state index in [1.807, 2.05) is 37.3 Å². The summed E-state index contributed by atoms with van der Waals surface area (Å²) in [6.07, 6.45) is 0. The van der Waals surface area contributed by atoms with E-state index in [2.05, 4.69) is 10.5 Å². The third-order valence-electron chi connectivity index (χ3n) is 3.82.